The molecule has 0 rings (SSSR count). The van der Waals surface area contributed by atoms with Gasteiger partial charge in [0.15, 0.2) is 0 Å². The first-order valence-corrected chi connectivity index (χ1v) is 1.40. The topological polar surface area (TPSA) is 44.5 Å². The molecule has 0 aliphatic heterocycles. The second-order valence-corrected chi connectivity index (χ2v) is 0.503. The highest BCUT2D eigenvalue weighted by Gasteiger charge is 1.64. The zero-order valence-corrected chi connectivity index (χ0v) is 4.33. The SMILES string of the molecule is CCOON.Cl. The lowest BCUT2D eigenvalue weighted by atomic mass is 10.9. The molecule has 0 aromatic heterocycles. The Morgan fingerprint density at radius 3 is 2.17 bits per heavy atom. The quantitative estimate of drug-likeness (QED) is 0.413. The fourth-order valence-corrected chi connectivity index (χ4v) is 0.0680. The molecule has 0 aromatic carbocycles. The highest BCUT2D eigenvalue weighted by molar-refractivity contribution is 5.85. The van der Waals surface area contributed by atoms with Crippen LogP contribution in [0.15, 0.2) is 0 Å². The van der Waals surface area contributed by atoms with E-state index >= 15 is 0 Å². The minimum atomic E-state index is 0. The number of halogens is 1. The molecule has 0 unspecified atom stereocenters. The predicted molar refractivity (Wildman–Crippen MR) is 24.1 cm³/mol. The maximum Gasteiger partial charge on any atom is 0.0814 e. The molecular weight excluding hydrogens is 105 g/mol. The highest BCUT2D eigenvalue weighted by atomic mass is 35.5. The van der Waals surface area contributed by atoms with Gasteiger partial charge in [-0.3, -0.25) is 0 Å². The van der Waals surface area contributed by atoms with Gasteiger partial charge in [-0.1, -0.05) is 0 Å². The van der Waals surface area contributed by atoms with E-state index in [0.717, 1.165) is 0 Å². The van der Waals surface area contributed by atoms with Gasteiger partial charge in [0.05, 0.1) is 6.61 Å². The monoisotopic (exact) mass is 113 g/mol. The van der Waals surface area contributed by atoms with Crippen LogP contribution in [-0.4, -0.2) is 6.61 Å². The Kier molecular flexibility index (Phi) is 14.1. The van der Waals surface area contributed by atoms with Crippen LogP contribution in [0, 0.1) is 0 Å². The summed E-state index contributed by atoms with van der Waals surface area (Å²) in [5, 5.41) is 0. The molecule has 40 valence electrons. The zero-order chi connectivity index (χ0) is 4.12. The first-order valence-electron chi connectivity index (χ1n) is 1.40. The van der Waals surface area contributed by atoms with Gasteiger partial charge in [0.25, 0.3) is 0 Å². The highest BCUT2D eigenvalue weighted by Crippen LogP contribution is 1.60. The summed E-state index contributed by atoms with van der Waals surface area (Å²) >= 11 is 0. The van der Waals surface area contributed by atoms with E-state index < -0.39 is 0 Å². The van der Waals surface area contributed by atoms with E-state index in [-0.39, 0.29) is 12.4 Å². The maximum absolute atomic E-state index is 4.42. The van der Waals surface area contributed by atoms with Crippen molar-refractivity contribution >= 4 is 12.4 Å². The average Bonchev–Trinajstić information content (AvgIpc) is 1.41. The number of rotatable bonds is 2. The summed E-state index contributed by atoms with van der Waals surface area (Å²) in [6, 6.07) is 0. The lowest BCUT2D eigenvalue weighted by molar-refractivity contribution is -0.296. The summed E-state index contributed by atoms with van der Waals surface area (Å²) in [5.74, 6) is 4.42. The van der Waals surface area contributed by atoms with E-state index in [4.69, 9.17) is 0 Å². The van der Waals surface area contributed by atoms with Crippen LogP contribution in [0.2, 0.25) is 0 Å². The van der Waals surface area contributed by atoms with Crippen molar-refractivity contribution in [1.29, 1.82) is 0 Å². The van der Waals surface area contributed by atoms with Crippen molar-refractivity contribution in [1.82, 2.24) is 0 Å². The molecule has 0 saturated carbocycles. The van der Waals surface area contributed by atoms with E-state index in [2.05, 4.69) is 15.8 Å². The van der Waals surface area contributed by atoms with Gasteiger partial charge < -0.3 is 0 Å². The molecule has 0 aliphatic carbocycles. The molecule has 6 heavy (non-hydrogen) atoms. The lowest BCUT2D eigenvalue weighted by Crippen LogP contribution is -1.98. The van der Waals surface area contributed by atoms with Gasteiger partial charge in [-0.2, -0.15) is 5.90 Å². The number of hydrogen-bond acceptors (Lipinski definition) is 3. The zero-order valence-electron chi connectivity index (χ0n) is 3.51. The summed E-state index contributed by atoms with van der Waals surface area (Å²) in [6.07, 6.45) is 0. The van der Waals surface area contributed by atoms with Crippen LogP contribution in [0.5, 0.6) is 0 Å². The van der Waals surface area contributed by atoms with E-state index in [0.29, 0.717) is 6.61 Å². The summed E-state index contributed by atoms with van der Waals surface area (Å²) < 4.78 is 0. The molecule has 0 bridgehead atoms. The third-order valence-electron chi connectivity index (χ3n) is 0.186. The number of hydrogen-bond donors (Lipinski definition) is 1. The summed E-state index contributed by atoms with van der Waals surface area (Å²) in [4.78, 5) is 7.80. The molecular formula is C2H8ClNO2. The van der Waals surface area contributed by atoms with Gasteiger partial charge in [-0.25, -0.2) is 4.89 Å². The van der Waals surface area contributed by atoms with Crippen LogP contribution in [0.25, 0.3) is 0 Å². The van der Waals surface area contributed by atoms with Gasteiger partial charge in [-0.05, 0) is 6.92 Å². The lowest BCUT2D eigenvalue weighted by Gasteiger charge is -1.85. The van der Waals surface area contributed by atoms with Crippen molar-refractivity contribution < 1.29 is 9.88 Å². The van der Waals surface area contributed by atoms with Crippen LogP contribution in [-0.2, 0) is 9.88 Å². The predicted octanol–water partition coefficient (Wildman–Crippen LogP) is 0.250. The van der Waals surface area contributed by atoms with Gasteiger partial charge in [0.2, 0.25) is 0 Å². The van der Waals surface area contributed by atoms with Crippen molar-refractivity contribution in [3.63, 3.8) is 0 Å². The molecule has 0 radical (unpaired) electrons. The Morgan fingerprint density at radius 2 is 2.17 bits per heavy atom. The Morgan fingerprint density at radius 1 is 1.67 bits per heavy atom. The molecule has 0 aromatic rings. The van der Waals surface area contributed by atoms with Crippen molar-refractivity contribution in [2.75, 3.05) is 6.61 Å². The van der Waals surface area contributed by atoms with E-state index in [1.54, 1.807) is 6.92 Å². The van der Waals surface area contributed by atoms with Crippen molar-refractivity contribution in [2.24, 2.45) is 5.90 Å². The van der Waals surface area contributed by atoms with E-state index in [1.807, 2.05) is 0 Å². The van der Waals surface area contributed by atoms with Crippen molar-refractivity contribution in [3.8, 4) is 0 Å². The largest absolute Gasteiger partial charge is 0.219 e. The molecule has 0 spiro atoms. The standard InChI is InChI=1S/C2H7NO2.ClH/c1-2-4-5-3;/h2-3H2,1H3;1H. The fraction of sp³-hybridized carbons (Fsp3) is 1.00. The minimum absolute atomic E-state index is 0. The Labute approximate surface area is 42.7 Å². The maximum atomic E-state index is 4.42. The van der Waals surface area contributed by atoms with Gasteiger partial charge >= 0.3 is 0 Å². The number of nitrogens with two attached hydrogens (primary N) is 1. The minimum Gasteiger partial charge on any atom is -0.219 e. The molecule has 0 amide bonds. The Bertz CT molecular complexity index is 19.0. The average molecular weight is 114 g/mol. The molecule has 0 heterocycles. The first kappa shape index (κ1) is 9.48. The van der Waals surface area contributed by atoms with Gasteiger partial charge in [-0.15, -0.1) is 17.4 Å². The van der Waals surface area contributed by atoms with Crippen molar-refractivity contribution in [3.05, 3.63) is 0 Å². The van der Waals surface area contributed by atoms with E-state index in [9.17, 15) is 0 Å². The fourth-order valence-electron chi connectivity index (χ4n) is 0.0680. The smallest absolute Gasteiger partial charge is 0.0814 e. The third kappa shape index (κ3) is 8.90. The molecule has 0 aliphatic rings. The summed E-state index contributed by atoms with van der Waals surface area (Å²) in [7, 11) is 0. The molecule has 0 atom stereocenters. The van der Waals surface area contributed by atoms with Crippen LogP contribution in [0.1, 0.15) is 6.92 Å². The summed E-state index contributed by atoms with van der Waals surface area (Å²) in [5.41, 5.74) is 0. The summed E-state index contributed by atoms with van der Waals surface area (Å²) in [6.45, 7) is 2.28. The van der Waals surface area contributed by atoms with E-state index in [1.165, 1.54) is 0 Å². The van der Waals surface area contributed by atoms with Crippen LogP contribution in [0.3, 0.4) is 0 Å². The second-order valence-electron chi connectivity index (χ2n) is 0.503. The molecule has 0 saturated heterocycles. The van der Waals surface area contributed by atoms with Gasteiger partial charge in [0.1, 0.15) is 0 Å². The van der Waals surface area contributed by atoms with Crippen LogP contribution >= 0.6 is 12.4 Å². The Balaban J connectivity index is 0. The van der Waals surface area contributed by atoms with Crippen molar-refractivity contribution in [2.45, 2.75) is 6.92 Å². The van der Waals surface area contributed by atoms with Crippen LogP contribution < -0.4 is 5.90 Å². The molecule has 3 nitrogen and oxygen atoms in total. The van der Waals surface area contributed by atoms with Crippen LogP contribution in [0.4, 0.5) is 0 Å². The third-order valence-corrected chi connectivity index (χ3v) is 0.186. The Hall–Kier alpha value is 0.170. The first-order chi connectivity index (χ1) is 2.41. The molecule has 0 fully saturated rings. The van der Waals surface area contributed by atoms with Gasteiger partial charge in [0, 0.05) is 0 Å². The molecule has 2 N–H and O–H groups in total. The second kappa shape index (κ2) is 8.95. The normalized spacial score (nSPS) is 7.00. The molecule has 4 heteroatoms.